The van der Waals surface area contributed by atoms with Crippen LogP contribution in [0.5, 0.6) is 5.75 Å². The molecule has 0 aromatic heterocycles. The van der Waals surface area contributed by atoms with Gasteiger partial charge in [0.1, 0.15) is 5.75 Å². The van der Waals surface area contributed by atoms with Gasteiger partial charge in [-0.2, -0.15) is 0 Å². The standard InChI is InChI=1S/C14H16O/c1-9(10-5-6-10)12-8-7-11-3-2-4-13(11)14(12)15/h2-3,7-10,15H,4-6H2,1H3. The monoisotopic (exact) mass is 200 g/mol. The number of hydrogen-bond donors (Lipinski definition) is 1. The Balaban J connectivity index is 2.03. The van der Waals surface area contributed by atoms with Crippen LogP contribution in [-0.4, -0.2) is 5.11 Å². The van der Waals surface area contributed by atoms with Crippen molar-refractivity contribution in [2.45, 2.75) is 32.1 Å². The first-order valence-corrected chi connectivity index (χ1v) is 5.78. The molecule has 2 aliphatic rings. The maximum Gasteiger partial charge on any atom is 0.123 e. The molecule has 1 atom stereocenters. The number of allylic oxidation sites excluding steroid dienone is 1. The smallest absolute Gasteiger partial charge is 0.123 e. The molecule has 1 unspecified atom stereocenters. The van der Waals surface area contributed by atoms with Crippen molar-refractivity contribution in [2.75, 3.05) is 0 Å². The van der Waals surface area contributed by atoms with Crippen molar-refractivity contribution in [1.29, 1.82) is 0 Å². The van der Waals surface area contributed by atoms with Gasteiger partial charge in [-0.3, -0.25) is 0 Å². The molecule has 1 fully saturated rings. The third-order valence-corrected chi connectivity index (χ3v) is 3.79. The molecule has 15 heavy (non-hydrogen) atoms. The summed E-state index contributed by atoms with van der Waals surface area (Å²) < 4.78 is 0. The van der Waals surface area contributed by atoms with Crippen molar-refractivity contribution in [3.63, 3.8) is 0 Å². The van der Waals surface area contributed by atoms with Gasteiger partial charge in [0.05, 0.1) is 0 Å². The van der Waals surface area contributed by atoms with E-state index in [-0.39, 0.29) is 0 Å². The van der Waals surface area contributed by atoms with Crippen LogP contribution in [0, 0.1) is 5.92 Å². The molecule has 0 radical (unpaired) electrons. The topological polar surface area (TPSA) is 20.2 Å². The molecule has 0 saturated heterocycles. The van der Waals surface area contributed by atoms with E-state index in [1.807, 2.05) is 0 Å². The number of phenols is 1. The maximum absolute atomic E-state index is 10.2. The second-order valence-electron chi connectivity index (χ2n) is 4.80. The van der Waals surface area contributed by atoms with E-state index in [4.69, 9.17) is 0 Å². The van der Waals surface area contributed by atoms with E-state index in [0.29, 0.717) is 11.7 Å². The van der Waals surface area contributed by atoms with Gasteiger partial charge in [-0.25, -0.2) is 0 Å². The van der Waals surface area contributed by atoms with E-state index >= 15 is 0 Å². The molecule has 1 N–H and O–H groups in total. The van der Waals surface area contributed by atoms with Crippen molar-refractivity contribution in [3.8, 4) is 5.75 Å². The Bertz CT molecular complexity index is 427. The fraction of sp³-hybridized carbons (Fsp3) is 0.429. The molecule has 1 saturated carbocycles. The summed E-state index contributed by atoms with van der Waals surface area (Å²) in [6.07, 6.45) is 7.77. The summed E-state index contributed by atoms with van der Waals surface area (Å²) in [5.74, 6) is 1.89. The minimum absolute atomic E-state index is 0.524. The van der Waals surface area contributed by atoms with Crippen molar-refractivity contribution >= 4 is 6.08 Å². The van der Waals surface area contributed by atoms with Gasteiger partial charge in [-0.05, 0) is 42.2 Å². The Morgan fingerprint density at radius 1 is 1.33 bits per heavy atom. The number of fused-ring (bicyclic) bond motifs is 1. The molecule has 0 bridgehead atoms. The molecule has 0 heterocycles. The van der Waals surface area contributed by atoms with E-state index in [0.717, 1.165) is 23.5 Å². The van der Waals surface area contributed by atoms with Gasteiger partial charge in [0, 0.05) is 5.56 Å². The molecule has 2 aliphatic carbocycles. The van der Waals surface area contributed by atoms with Crippen LogP contribution < -0.4 is 0 Å². The molecule has 3 rings (SSSR count). The summed E-state index contributed by atoms with van der Waals surface area (Å²) in [4.78, 5) is 0. The minimum Gasteiger partial charge on any atom is -0.507 e. The Labute approximate surface area is 90.4 Å². The van der Waals surface area contributed by atoms with Gasteiger partial charge < -0.3 is 5.11 Å². The molecule has 1 heteroatoms. The van der Waals surface area contributed by atoms with Crippen LogP contribution in [0.2, 0.25) is 0 Å². The highest BCUT2D eigenvalue weighted by atomic mass is 16.3. The molecule has 0 spiro atoms. The van der Waals surface area contributed by atoms with Crippen LogP contribution in [0.15, 0.2) is 18.2 Å². The highest BCUT2D eigenvalue weighted by molar-refractivity contribution is 5.65. The average Bonchev–Trinajstić information content (AvgIpc) is 2.97. The zero-order valence-electron chi connectivity index (χ0n) is 9.03. The Hall–Kier alpha value is -1.24. The van der Waals surface area contributed by atoms with E-state index < -0.39 is 0 Å². The van der Waals surface area contributed by atoms with Crippen molar-refractivity contribution in [1.82, 2.24) is 0 Å². The molecule has 1 aromatic rings. The first-order valence-electron chi connectivity index (χ1n) is 5.78. The summed E-state index contributed by atoms with van der Waals surface area (Å²) in [7, 11) is 0. The van der Waals surface area contributed by atoms with Crippen molar-refractivity contribution in [3.05, 3.63) is 34.9 Å². The fourth-order valence-corrected chi connectivity index (χ4v) is 2.56. The summed E-state index contributed by atoms with van der Waals surface area (Å²) in [6.45, 7) is 2.24. The van der Waals surface area contributed by atoms with Crippen LogP contribution in [0.25, 0.3) is 6.08 Å². The second kappa shape index (κ2) is 3.13. The largest absolute Gasteiger partial charge is 0.507 e. The number of rotatable bonds is 2. The lowest BCUT2D eigenvalue weighted by Gasteiger charge is -2.15. The third-order valence-electron chi connectivity index (χ3n) is 3.79. The maximum atomic E-state index is 10.2. The minimum atomic E-state index is 0.524. The SMILES string of the molecule is CC(c1ccc2c(c1O)CC=C2)C1CC1. The predicted octanol–water partition coefficient (Wildman–Crippen LogP) is 3.48. The predicted molar refractivity (Wildman–Crippen MR) is 62.0 cm³/mol. The zero-order chi connectivity index (χ0) is 10.4. The lowest BCUT2D eigenvalue weighted by atomic mass is 9.92. The number of benzene rings is 1. The fourth-order valence-electron chi connectivity index (χ4n) is 2.56. The first-order chi connectivity index (χ1) is 7.27. The van der Waals surface area contributed by atoms with Gasteiger partial charge in [0.25, 0.3) is 0 Å². The summed E-state index contributed by atoms with van der Waals surface area (Å²) in [5, 5.41) is 10.2. The highest BCUT2D eigenvalue weighted by Gasteiger charge is 2.31. The zero-order valence-corrected chi connectivity index (χ0v) is 9.03. The van der Waals surface area contributed by atoms with Crippen LogP contribution in [-0.2, 0) is 6.42 Å². The molecule has 1 nitrogen and oxygen atoms in total. The van der Waals surface area contributed by atoms with Gasteiger partial charge in [0.15, 0.2) is 0 Å². The second-order valence-corrected chi connectivity index (χ2v) is 4.80. The molecular weight excluding hydrogens is 184 g/mol. The van der Waals surface area contributed by atoms with Gasteiger partial charge >= 0.3 is 0 Å². The van der Waals surface area contributed by atoms with Crippen molar-refractivity contribution < 1.29 is 5.11 Å². The first kappa shape index (κ1) is 9.02. The Kier molecular flexibility index (Phi) is 1.88. The third kappa shape index (κ3) is 1.38. The highest BCUT2D eigenvalue weighted by Crippen LogP contribution is 2.46. The average molecular weight is 200 g/mol. The van der Waals surface area contributed by atoms with Crippen molar-refractivity contribution in [2.24, 2.45) is 5.92 Å². The Morgan fingerprint density at radius 2 is 2.13 bits per heavy atom. The molecule has 0 aliphatic heterocycles. The van der Waals surface area contributed by atoms with Gasteiger partial charge in [-0.15, -0.1) is 0 Å². The van der Waals surface area contributed by atoms with Crippen LogP contribution in [0.4, 0.5) is 0 Å². The van der Waals surface area contributed by atoms with E-state index in [1.54, 1.807) is 0 Å². The summed E-state index contributed by atoms with van der Waals surface area (Å²) in [6, 6.07) is 4.25. The quantitative estimate of drug-likeness (QED) is 0.775. The Morgan fingerprint density at radius 3 is 2.87 bits per heavy atom. The van der Waals surface area contributed by atoms with Crippen LogP contribution in [0.1, 0.15) is 42.4 Å². The van der Waals surface area contributed by atoms with E-state index in [9.17, 15) is 5.11 Å². The molecule has 0 amide bonds. The number of hydrogen-bond acceptors (Lipinski definition) is 1. The normalized spacial score (nSPS) is 20.3. The van der Waals surface area contributed by atoms with Crippen LogP contribution in [0.3, 0.4) is 0 Å². The number of phenolic OH excluding ortho intramolecular Hbond substituents is 1. The van der Waals surface area contributed by atoms with E-state index in [1.165, 1.54) is 18.4 Å². The van der Waals surface area contributed by atoms with Crippen LogP contribution >= 0.6 is 0 Å². The molecular formula is C14H16O. The lowest BCUT2D eigenvalue weighted by Crippen LogP contribution is -1.98. The van der Waals surface area contributed by atoms with E-state index in [2.05, 4.69) is 31.2 Å². The summed E-state index contributed by atoms with van der Waals surface area (Å²) >= 11 is 0. The molecule has 1 aromatic carbocycles. The van der Waals surface area contributed by atoms with Gasteiger partial charge in [-0.1, -0.05) is 31.2 Å². The van der Waals surface area contributed by atoms with Gasteiger partial charge in [0.2, 0.25) is 0 Å². The summed E-state index contributed by atoms with van der Waals surface area (Å²) in [5.41, 5.74) is 3.47. The number of aromatic hydroxyl groups is 1. The lowest BCUT2D eigenvalue weighted by molar-refractivity contribution is 0.453. The molecule has 78 valence electrons.